The summed E-state index contributed by atoms with van der Waals surface area (Å²) in [5.41, 5.74) is 5.48. The number of ether oxygens (including phenoxy) is 2. The van der Waals surface area contributed by atoms with Crippen molar-refractivity contribution in [3.05, 3.63) is 58.0 Å². The van der Waals surface area contributed by atoms with E-state index in [9.17, 15) is 14.4 Å². The number of hydrogen-bond acceptors (Lipinski definition) is 6. The lowest BCUT2D eigenvalue weighted by atomic mass is 10.1. The van der Waals surface area contributed by atoms with E-state index in [4.69, 9.17) is 5.73 Å². The van der Waals surface area contributed by atoms with E-state index in [-0.39, 0.29) is 11.1 Å². The number of para-hydroxylation sites is 2. The fraction of sp³-hybridized carbons (Fsp3) is 0.133. The molecule has 0 saturated carbocycles. The predicted octanol–water partition coefficient (Wildman–Crippen LogP) is 0.993. The van der Waals surface area contributed by atoms with Gasteiger partial charge in [-0.15, -0.1) is 0 Å². The van der Waals surface area contributed by atoms with Gasteiger partial charge >= 0.3 is 11.9 Å². The molecule has 0 saturated heterocycles. The molecule has 2 rings (SSSR count). The molecule has 7 heteroatoms. The molecule has 0 spiro atoms. The lowest BCUT2D eigenvalue weighted by Gasteiger charge is -2.12. The number of pyridine rings is 1. The summed E-state index contributed by atoms with van der Waals surface area (Å²) in [6, 6.07) is 6.81. The van der Waals surface area contributed by atoms with Crippen molar-refractivity contribution in [2.45, 2.75) is 0 Å². The van der Waals surface area contributed by atoms with Crippen LogP contribution in [-0.2, 0) is 9.47 Å². The summed E-state index contributed by atoms with van der Waals surface area (Å²) in [7, 11) is 2.29. The second-order valence-corrected chi connectivity index (χ2v) is 4.36. The molecule has 1 aromatic heterocycles. The molecule has 22 heavy (non-hydrogen) atoms. The van der Waals surface area contributed by atoms with Gasteiger partial charge in [0.25, 0.3) is 0 Å². The first-order chi connectivity index (χ1) is 10.5. The van der Waals surface area contributed by atoms with Gasteiger partial charge in [0.2, 0.25) is 5.43 Å². The molecule has 0 fully saturated rings. The van der Waals surface area contributed by atoms with Gasteiger partial charge in [-0.05, 0) is 12.1 Å². The molecular formula is C15H14N2O5. The molecule has 2 N–H and O–H groups in total. The highest BCUT2D eigenvalue weighted by molar-refractivity contribution is 5.94. The van der Waals surface area contributed by atoms with E-state index in [0.717, 1.165) is 14.2 Å². The first kappa shape index (κ1) is 15.3. The van der Waals surface area contributed by atoms with E-state index in [2.05, 4.69) is 9.47 Å². The highest BCUT2D eigenvalue weighted by atomic mass is 16.5. The van der Waals surface area contributed by atoms with Gasteiger partial charge in [0, 0.05) is 12.4 Å². The van der Waals surface area contributed by atoms with Gasteiger partial charge in [-0.2, -0.15) is 0 Å². The average Bonchev–Trinajstić information content (AvgIpc) is 2.54. The van der Waals surface area contributed by atoms with Crippen molar-refractivity contribution in [3.63, 3.8) is 0 Å². The first-order valence-electron chi connectivity index (χ1n) is 6.27. The molecule has 0 aliphatic heterocycles. The standard InChI is InChI=1S/C15H14N2O5/c1-21-14(19)9-7-17(12-6-4-3-5-11(12)16)8-10(13(9)18)15(20)22-2/h3-8H,16H2,1-2H3. The number of benzene rings is 1. The van der Waals surface area contributed by atoms with Crippen molar-refractivity contribution in [2.24, 2.45) is 0 Å². The van der Waals surface area contributed by atoms with Gasteiger partial charge in [-0.1, -0.05) is 12.1 Å². The van der Waals surface area contributed by atoms with Crippen LogP contribution in [0.1, 0.15) is 20.7 Å². The van der Waals surface area contributed by atoms with Gasteiger partial charge in [0.1, 0.15) is 11.1 Å². The molecule has 7 nitrogen and oxygen atoms in total. The number of carbonyl (C=O) groups excluding carboxylic acids is 2. The summed E-state index contributed by atoms with van der Waals surface area (Å²) in [5.74, 6) is -1.70. The maximum atomic E-state index is 12.2. The number of aromatic nitrogens is 1. The van der Waals surface area contributed by atoms with E-state index < -0.39 is 17.4 Å². The molecule has 0 bridgehead atoms. The number of anilines is 1. The number of nitrogen functional groups attached to an aromatic ring is 1. The molecule has 0 aliphatic rings. The number of methoxy groups -OCH3 is 2. The number of nitrogens with two attached hydrogens (primary N) is 1. The third-order valence-electron chi connectivity index (χ3n) is 3.05. The number of esters is 2. The minimum atomic E-state index is -0.848. The van der Waals surface area contributed by atoms with E-state index in [0.29, 0.717) is 11.4 Å². The largest absolute Gasteiger partial charge is 0.465 e. The maximum Gasteiger partial charge on any atom is 0.343 e. The predicted molar refractivity (Wildman–Crippen MR) is 79.1 cm³/mol. The summed E-state index contributed by atoms with van der Waals surface area (Å²) < 4.78 is 10.6. The molecule has 2 aromatic rings. The Bertz CT molecular complexity index is 755. The van der Waals surface area contributed by atoms with Crippen LogP contribution in [0.15, 0.2) is 41.5 Å². The molecule has 0 radical (unpaired) electrons. The SMILES string of the molecule is COC(=O)c1cn(-c2ccccc2N)cc(C(=O)OC)c1=O. The van der Waals surface area contributed by atoms with Gasteiger partial charge in [0.05, 0.1) is 25.6 Å². The zero-order chi connectivity index (χ0) is 16.3. The minimum absolute atomic E-state index is 0.284. The van der Waals surface area contributed by atoms with Crippen LogP contribution in [-0.4, -0.2) is 30.7 Å². The monoisotopic (exact) mass is 302 g/mol. The molecule has 1 heterocycles. The Morgan fingerprint density at radius 2 is 1.50 bits per heavy atom. The summed E-state index contributed by atoms with van der Waals surface area (Å²) in [6.45, 7) is 0. The van der Waals surface area contributed by atoms with Crippen molar-refractivity contribution in [1.29, 1.82) is 0 Å². The molecule has 0 unspecified atom stereocenters. The summed E-state index contributed by atoms with van der Waals surface area (Å²) in [4.78, 5) is 35.7. The van der Waals surface area contributed by atoms with Crippen molar-refractivity contribution in [2.75, 3.05) is 20.0 Å². The van der Waals surface area contributed by atoms with Gasteiger partial charge in [0.15, 0.2) is 0 Å². The Balaban J connectivity index is 2.76. The van der Waals surface area contributed by atoms with Crippen LogP contribution in [0.4, 0.5) is 5.69 Å². The fourth-order valence-electron chi connectivity index (χ4n) is 1.95. The second-order valence-electron chi connectivity index (χ2n) is 4.36. The molecule has 0 atom stereocenters. The van der Waals surface area contributed by atoms with Gasteiger partial charge in [-0.3, -0.25) is 4.79 Å². The van der Waals surface area contributed by atoms with Crippen molar-refractivity contribution >= 4 is 17.6 Å². The Labute approximate surface area is 125 Å². The normalized spacial score (nSPS) is 10.1. The van der Waals surface area contributed by atoms with Crippen molar-refractivity contribution in [3.8, 4) is 5.69 Å². The highest BCUT2D eigenvalue weighted by Gasteiger charge is 2.20. The third kappa shape index (κ3) is 2.69. The van der Waals surface area contributed by atoms with Crippen LogP contribution in [0.5, 0.6) is 0 Å². The van der Waals surface area contributed by atoms with Crippen LogP contribution >= 0.6 is 0 Å². The van der Waals surface area contributed by atoms with Gasteiger partial charge < -0.3 is 19.8 Å². The zero-order valence-corrected chi connectivity index (χ0v) is 12.0. The lowest BCUT2D eigenvalue weighted by molar-refractivity contribution is 0.0595. The Kier molecular flexibility index (Phi) is 4.26. The number of rotatable bonds is 3. The summed E-state index contributed by atoms with van der Waals surface area (Å²) in [6.07, 6.45) is 2.54. The number of hydrogen-bond donors (Lipinski definition) is 1. The molecule has 0 aliphatic carbocycles. The Morgan fingerprint density at radius 3 is 1.95 bits per heavy atom. The summed E-state index contributed by atoms with van der Waals surface area (Å²) in [5, 5.41) is 0. The van der Waals surface area contributed by atoms with Crippen LogP contribution in [0.3, 0.4) is 0 Å². The van der Waals surface area contributed by atoms with Crippen molar-refractivity contribution < 1.29 is 19.1 Å². The zero-order valence-electron chi connectivity index (χ0n) is 12.0. The molecule has 1 aromatic carbocycles. The third-order valence-corrected chi connectivity index (χ3v) is 3.05. The first-order valence-corrected chi connectivity index (χ1v) is 6.27. The van der Waals surface area contributed by atoms with Crippen molar-refractivity contribution in [1.82, 2.24) is 4.57 Å². The molecular weight excluding hydrogens is 288 g/mol. The van der Waals surface area contributed by atoms with Crippen LogP contribution in [0.25, 0.3) is 5.69 Å². The fourth-order valence-corrected chi connectivity index (χ4v) is 1.95. The highest BCUT2D eigenvalue weighted by Crippen LogP contribution is 2.17. The average molecular weight is 302 g/mol. The lowest BCUT2D eigenvalue weighted by Crippen LogP contribution is -2.26. The van der Waals surface area contributed by atoms with E-state index in [1.54, 1.807) is 24.3 Å². The smallest absolute Gasteiger partial charge is 0.343 e. The topological polar surface area (TPSA) is 101 Å². The quantitative estimate of drug-likeness (QED) is 0.670. The second kappa shape index (κ2) is 6.13. The maximum absolute atomic E-state index is 12.2. The molecule has 0 amide bonds. The minimum Gasteiger partial charge on any atom is -0.465 e. The van der Waals surface area contributed by atoms with E-state index in [1.807, 2.05) is 0 Å². The van der Waals surface area contributed by atoms with Crippen LogP contribution < -0.4 is 11.2 Å². The van der Waals surface area contributed by atoms with E-state index in [1.165, 1.54) is 17.0 Å². The number of carbonyl (C=O) groups is 2. The van der Waals surface area contributed by atoms with Gasteiger partial charge in [-0.25, -0.2) is 9.59 Å². The van der Waals surface area contributed by atoms with E-state index >= 15 is 0 Å². The molecule has 114 valence electrons. The number of nitrogens with zero attached hydrogens (tertiary/aromatic N) is 1. The van der Waals surface area contributed by atoms with Crippen LogP contribution in [0.2, 0.25) is 0 Å². The Hall–Kier alpha value is -3.09. The van der Waals surface area contributed by atoms with Crippen LogP contribution in [0, 0.1) is 0 Å². The Morgan fingerprint density at radius 1 is 1.00 bits per heavy atom. The summed E-state index contributed by atoms with van der Waals surface area (Å²) >= 11 is 0.